The molecule has 1 fully saturated rings. The Morgan fingerprint density at radius 1 is 1.25 bits per heavy atom. The van der Waals surface area contributed by atoms with Gasteiger partial charge < -0.3 is 10.2 Å². The van der Waals surface area contributed by atoms with E-state index < -0.39 is 0 Å². The van der Waals surface area contributed by atoms with Crippen molar-refractivity contribution in [1.82, 2.24) is 0 Å². The molecule has 1 aliphatic heterocycles. The summed E-state index contributed by atoms with van der Waals surface area (Å²) in [5.41, 5.74) is 4.04. The molecule has 0 spiro atoms. The quantitative estimate of drug-likeness (QED) is 0.716. The first-order valence-electron chi connectivity index (χ1n) is 6.36. The van der Waals surface area contributed by atoms with E-state index in [4.69, 9.17) is 0 Å². The zero-order valence-corrected chi connectivity index (χ0v) is 10.2. The molecule has 0 radical (unpaired) electrons. The van der Waals surface area contributed by atoms with Crippen LogP contribution in [0.3, 0.4) is 0 Å². The third-order valence-electron chi connectivity index (χ3n) is 4.10. The number of nitrogens with one attached hydrogen (secondary N) is 1. The summed E-state index contributed by atoms with van der Waals surface area (Å²) in [6.07, 6.45) is 5.42. The van der Waals surface area contributed by atoms with E-state index in [1.807, 2.05) is 0 Å². The Balaban J connectivity index is 1.99. The third-order valence-corrected chi connectivity index (χ3v) is 4.10. The van der Waals surface area contributed by atoms with Crippen LogP contribution in [0.2, 0.25) is 0 Å². The molecule has 2 unspecified atom stereocenters. The smallest absolute Gasteiger partial charge is 0.0602 e. The first-order chi connectivity index (χ1) is 7.75. The summed E-state index contributed by atoms with van der Waals surface area (Å²) in [6.45, 7) is 2.16. The van der Waals surface area contributed by atoms with Crippen molar-refractivity contribution in [2.24, 2.45) is 0 Å². The second kappa shape index (κ2) is 3.69. The molecule has 1 aromatic carbocycles. The Kier molecular flexibility index (Phi) is 2.31. The van der Waals surface area contributed by atoms with Gasteiger partial charge in [-0.3, -0.25) is 0 Å². The standard InChI is InChI=1S/C14H20N2/c1-10-7-8-14-12(9-10)15-11-5-3-4-6-13(11)16(14)2/h7-9,11,13,15H,3-6H2,1-2H3. The maximum Gasteiger partial charge on any atom is 0.0602 e. The number of fused-ring (bicyclic) bond motifs is 2. The molecular formula is C14H20N2. The highest BCUT2D eigenvalue weighted by Crippen LogP contribution is 2.38. The Bertz CT molecular complexity index is 400. The molecule has 1 saturated carbocycles. The minimum atomic E-state index is 0.660. The second-order valence-corrected chi connectivity index (χ2v) is 5.23. The number of benzene rings is 1. The monoisotopic (exact) mass is 216 g/mol. The number of anilines is 2. The Morgan fingerprint density at radius 3 is 2.94 bits per heavy atom. The van der Waals surface area contributed by atoms with Gasteiger partial charge in [0, 0.05) is 19.1 Å². The van der Waals surface area contributed by atoms with Crippen molar-refractivity contribution in [3.05, 3.63) is 23.8 Å². The van der Waals surface area contributed by atoms with Gasteiger partial charge in [0.1, 0.15) is 0 Å². The van der Waals surface area contributed by atoms with Crippen molar-refractivity contribution in [2.75, 3.05) is 17.3 Å². The summed E-state index contributed by atoms with van der Waals surface area (Å²) in [7, 11) is 2.25. The van der Waals surface area contributed by atoms with Gasteiger partial charge in [-0.15, -0.1) is 0 Å². The minimum absolute atomic E-state index is 0.660. The molecule has 0 aromatic heterocycles. The van der Waals surface area contributed by atoms with Gasteiger partial charge in [0.2, 0.25) is 0 Å². The zero-order chi connectivity index (χ0) is 11.1. The number of nitrogens with zero attached hydrogens (tertiary/aromatic N) is 1. The van der Waals surface area contributed by atoms with Crippen LogP contribution in [-0.2, 0) is 0 Å². The van der Waals surface area contributed by atoms with Gasteiger partial charge >= 0.3 is 0 Å². The maximum atomic E-state index is 3.73. The van der Waals surface area contributed by atoms with Gasteiger partial charge in [-0.1, -0.05) is 18.9 Å². The van der Waals surface area contributed by atoms with Gasteiger partial charge in [0.05, 0.1) is 11.4 Å². The lowest BCUT2D eigenvalue weighted by Gasteiger charge is -2.45. The summed E-state index contributed by atoms with van der Waals surface area (Å²) in [5, 5.41) is 3.73. The summed E-state index contributed by atoms with van der Waals surface area (Å²) in [5.74, 6) is 0. The van der Waals surface area contributed by atoms with Gasteiger partial charge in [0.25, 0.3) is 0 Å². The van der Waals surface area contributed by atoms with E-state index >= 15 is 0 Å². The van der Waals surface area contributed by atoms with Crippen LogP contribution in [0.15, 0.2) is 18.2 Å². The van der Waals surface area contributed by atoms with Crippen LogP contribution in [0, 0.1) is 6.92 Å². The molecule has 0 amide bonds. The van der Waals surface area contributed by atoms with Crippen LogP contribution in [0.1, 0.15) is 31.2 Å². The van der Waals surface area contributed by atoms with Crippen LogP contribution in [0.5, 0.6) is 0 Å². The fraction of sp³-hybridized carbons (Fsp3) is 0.571. The lowest BCUT2D eigenvalue weighted by molar-refractivity contribution is 0.385. The molecule has 16 heavy (non-hydrogen) atoms. The molecule has 1 heterocycles. The van der Waals surface area contributed by atoms with E-state index in [9.17, 15) is 0 Å². The van der Waals surface area contributed by atoms with Crippen LogP contribution in [-0.4, -0.2) is 19.1 Å². The molecule has 3 rings (SSSR count). The third kappa shape index (κ3) is 1.48. The van der Waals surface area contributed by atoms with Crippen molar-refractivity contribution in [3.8, 4) is 0 Å². The van der Waals surface area contributed by atoms with Crippen LogP contribution < -0.4 is 10.2 Å². The lowest BCUT2D eigenvalue weighted by atomic mass is 9.87. The molecule has 0 saturated heterocycles. The lowest BCUT2D eigenvalue weighted by Crippen LogP contribution is -2.50. The van der Waals surface area contributed by atoms with Crippen molar-refractivity contribution in [3.63, 3.8) is 0 Å². The molecule has 1 aliphatic carbocycles. The van der Waals surface area contributed by atoms with E-state index in [2.05, 4.69) is 42.4 Å². The zero-order valence-electron chi connectivity index (χ0n) is 10.2. The normalized spacial score (nSPS) is 28.0. The second-order valence-electron chi connectivity index (χ2n) is 5.23. The molecule has 1 N–H and O–H groups in total. The summed E-state index contributed by atoms with van der Waals surface area (Å²) in [6, 6.07) is 8.09. The van der Waals surface area contributed by atoms with Crippen LogP contribution in [0.25, 0.3) is 0 Å². The first kappa shape index (κ1) is 10.0. The molecule has 1 aromatic rings. The van der Waals surface area contributed by atoms with E-state index in [-0.39, 0.29) is 0 Å². The summed E-state index contributed by atoms with van der Waals surface area (Å²) < 4.78 is 0. The largest absolute Gasteiger partial charge is 0.379 e. The molecule has 2 heteroatoms. The van der Waals surface area contributed by atoms with Gasteiger partial charge in [-0.25, -0.2) is 0 Å². The minimum Gasteiger partial charge on any atom is -0.379 e. The van der Waals surface area contributed by atoms with Crippen LogP contribution >= 0.6 is 0 Å². The Morgan fingerprint density at radius 2 is 2.06 bits per heavy atom. The van der Waals surface area contributed by atoms with Crippen molar-refractivity contribution < 1.29 is 0 Å². The predicted molar refractivity (Wildman–Crippen MR) is 69.2 cm³/mol. The molecule has 2 atom stereocenters. The number of hydrogen-bond donors (Lipinski definition) is 1. The van der Waals surface area contributed by atoms with Gasteiger partial charge in [-0.05, 0) is 37.5 Å². The van der Waals surface area contributed by atoms with Crippen molar-refractivity contribution >= 4 is 11.4 Å². The average Bonchev–Trinajstić information content (AvgIpc) is 2.29. The molecule has 2 aliphatic rings. The topological polar surface area (TPSA) is 15.3 Å². The highest BCUT2D eigenvalue weighted by atomic mass is 15.2. The van der Waals surface area contributed by atoms with Gasteiger partial charge in [-0.2, -0.15) is 0 Å². The molecule has 0 bridgehead atoms. The number of hydrogen-bond acceptors (Lipinski definition) is 2. The SMILES string of the molecule is Cc1ccc2c(c1)NC1CCCCC1N2C. The molecule has 86 valence electrons. The van der Waals surface area contributed by atoms with Crippen molar-refractivity contribution in [2.45, 2.75) is 44.7 Å². The predicted octanol–water partition coefficient (Wildman–Crippen LogP) is 3.17. The number of rotatable bonds is 0. The van der Waals surface area contributed by atoms with E-state index in [1.165, 1.54) is 42.6 Å². The van der Waals surface area contributed by atoms with E-state index in [0.29, 0.717) is 12.1 Å². The number of aryl methyl sites for hydroxylation is 1. The summed E-state index contributed by atoms with van der Waals surface area (Å²) in [4.78, 5) is 2.48. The Labute approximate surface area is 97.6 Å². The average molecular weight is 216 g/mol. The maximum absolute atomic E-state index is 3.73. The summed E-state index contributed by atoms with van der Waals surface area (Å²) >= 11 is 0. The van der Waals surface area contributed by atoms with Gasteiger partial charge in [0.15, 0.2) is 0 Å². The van der Waals surface area contributed by atoms with Crippen molar-refractivity contribution in [1.29, 1.82) is 0 Å². The Hall–Kier alpha value is -1.18. The van der Waals surface area contributed by atoms with Crippen LogP contribution in [0.4, 0.5) is 11.4 Å². The molecular weight excluding hydrogens is 196 g/mol. The first-order valence-corrected chi connectivity index (χ1v) is 6.36. The fourth-order valence-electron chi connectivity index (χ4n) is 3.19. The highest BCUT2D eigenvalue weighted by Gasteiger charge is 2.33. The fourth-order valence-corrected chi connectivity index (χ4v) is 3.19. The van der Waals surface area contributed by atoms with E-state index in [1.54, 1.807) is 0 Å². The van der Waals surface area contributed by atoms with E-state index in [0.717, 1.165) is 0 Å². The highest BCUT2D eigenvalue weighted by molar-refractivity contribution is 5.74. The number of likely N-dealkylation sites (N-methyl/N-ethyl adjacent to an activating group) is 1. The molecule has 2 nitrogen and oxygen atoms in total.